The summed E-state index contributed by atoms with van der Waals surface area (Å²) in [5.74, 6) is 0.326. The summed E-state index contributed by atoms with van der Waals surface area (Å²) >= 11 is 0. The molecule has 17 heavy (non-hydrogen) atoms. The molecule has 0 N–H and O–H groups in total. The van der Waals surface area contributed by atoms with E-state index in [4.69, 9.17) is 0 Å². The fourth-order valence-electron chi connectivity index (χ4n) is 3.27. The van der Waals surface area contributed by atoms with Crippen LogP contribution in [0.2, 0.25) is 0 Å². The Bertz CT molecular complexity index is 452. The highest BCUT2D eigenvalue weighted by Crippen LogP contribution is 2.56. The largest absolute Gasteiger partial charge is 0.298 e. The number of hydrogen-bond donors (Lipinski definition) is 0. The summed E-state index contributed by atoms with van der Waals surface area (Å²) in [6.45, 7) is 8.05. The number of Topliss-reactive ketones (excluding diaryl/α,β-unsaturated/α-hetero) is 2. The van der Waals surface area contributed by atoms with Gasteiger partial charge in [-0.1, -0.05) is 38.5 Å². The van der Waals surface area contributed by atoms with E-state index in [1.807, 2.05) is 26.0 Å². The molecule has 0 fully saturated rings. The van der Waals surface area contributed by atoms with Crippen molar-refractivity contribution in [2.45, 2.75) is 47.0 Å². The Kier molecular flexibility index (Phi) is 2.64. The first-order chi connectivity index (χ1) is 7.83. The van der Waals surface area contributed by atoms with Gasteiger partial charge >= 0.3 is 0 Å². The third-order valence-corrected chi connectivity index (χ3v) is 4.08. The molecule has 0 radical (unpaired) electrons. The van der Waals surface area contributed by atoms with E-state index in [1.165, 1.54) is 0 Å². The molecule has 0 bridgehead atoms. The van der Waals surface area contributed by atoms with Gasteiger partial charge in [0.1, 0.15) is 0 Å². The molecule has 0 aromatic rings. The van der Waals surface area contributed by atoms with E-state index >= 15 is 0 Å². The fraction of sp³-hybridized carbons (Fsp3) is 0.600. The highest BCUT2D eigenvalue weighted by atomic mass is 16.1. The Labute approximate surface area is 103 Å². The highest BCUT2D eigenvalue weighted by molar-refractivity contribution is 6.08. The van der Waals surface area contributed by atoms with Crippen molar-refractivity contribution < 1.29 is 9.59 Å². The fourth-order valence-corrected chi connectivity index (χ4v) is 3.27. The topological polar surface area (TPSA) is 34.1 Å². The average molecular weight is 232 g/mol. The second-order valence-electron chi connectivity index (χ2n) is 5.92. The first kappa shape index (κ1) is 12.3. The van der Waals surface area contributed by atoms with Gasteiger partial charge in [-0.2, -0.15) is 0 Å². The number of rotatable bonds is 2. The van der Waals surface area contributed by atoms with Gasteiger partial charge in [0, 0.05) is 18.4 Å². The van der Waals surface area contributed by atoms with E-state index in [1.54, 1.807) is 0 Å². The van der Waals surface area contributed by atoms with Crippen molar-refractivity contribution in [1.29, 1.82) is 0 Å². The molecule has 2 aliphatic rings. The third kappa shape index (κ3) is 1.62. The molecule has 0 unspecified atom stereocenters. The van der Waals surface area contributed by atoms with Crippen LogP contribution in [-0.4, -0.2) is 11.6 Å². The zero-order valence-corrected chi connectivity index (χ0v) is 11.1. The molecule has 0 saturated heterocycles. The molecule has 0 aromatic heterocycles. The molecule has 0 aliphatic heterocycles. The SMILES string of the molecule is CCC(=O)C1=CC(C)(C)C[C@]12C(=O)CC=C2C. The van der Waals surface area contributed by atoms with Crippen LogP contribution in [-0.2, 0) is 9.59 Å². The summed E-state index contributed by atoms with van der Waals surface area (Å²) in [6, 6.07) is 0. The lowest BCUT2D eigenvalue weighted by Gasteiger charge is -2.29. The van der Waals surface area contributed by atoms with E-state index in [-0.39, 0.29) is 17.0 Å². The summed E-state index contributed by atoms with van der Waals surface area (Å²) in [5.41, 5.74) is 1.17. The van der Waals surface area contributed by atoms with Crippen LogP contribution in [0.1, 0.15) is 47.0 Å². The molecular weight excluding hydrogens is 212 g/mol. The molecule has 2 nitrogen and oxygen atoms in total. The highest BCUT2D eigenvalue weighted by Gasteiger charge is 2.54. The Morgan fingerprint density at radius 1 is 1.41 bits per heavy atom. The lowest BCUT2D eigenvalue weighted by molar-refractivity contribution is -0.126. The molecule has 2 aliphatic carbocycles. The molecule has 0 aromatic carbocycles. The van der Waals surface area contributed by atoms with E-state index < -0.39 is 5.41 Å². The second-order valence-corrected chi connectivity index (χ2v) is 5.92. The molecule has 0 heterocycles. The van der Waals surface area contributed by atoms with Gasteiger partial charge in [0.25, 0.3) is 0 Å². The monoisotopic (exact) mass is 232 g/mol. The molecule has 1 spiro atoms. The van der Waals surface area contributed by atoms with Crippen LogP contribution < -0.4 is 0 Å². The Morgan fingerprint density at radius 2 is 2.06 bits per heavy atom. The van der Waals surface area contributed by atoms with Crippen LogP contribution in [0.15, 0.2) is 23.3 Å². The zero-order valence-electron chi connectivity index (χ0n) is 11.1. The number of ketones is 2. The van der Waals surface area contributed by atoms with Crippen molar-refractivity contribution in [3.8, 4) is 0 Å². The van der Waals surface area contributed by atoms with Crippen LogP contribution >= 0.6 is 0 Å². The summed E-state index contributed by atoms with van der Waals surface area (Å²) in [6.07, 6.45) is 5.72. The number of carbonyl (C=O) groups is 2. The van der Waals surface area contributed by atoms with Gasteiger partial charge in [-0.3, -0.25) is 9.59 Å². The van der Waals surface area contributed by atoms with Gasteiger partial charge < -0.3 is 0 Å². The summed E-state index contributed by atoms with van der Waals surface area (Å²) in [7, 11) is 0. The number of allylic oxidation sites excluding steroid dienone is 4. The van der Waals surface area contributed by atoms with Crippen LogP contribution in [0.4, 0.5) is 0 Å². The number of carbonyl (C=O) groups excluding carboxylic acids is 2. The second kappa shape index (κ2) is 3.66. The molecule has 0 saturated carbocycles. The van der Waals surface area contributed by atoms with Crippen molar-refractivity contribution in [3.05, 3.63) is 23.3 Å². The van der Waals surface area contributed by atoms with E-state index in [9.17, 15) is 9.59 Å². The normalized spacial score (nSPS) is 30.7. The van der Waals surface area contributed by atoms with Crippen LogP contribution in [0, 0.1) is 10.8 Å². The molecule has 0 amide bonds. The van der Waals surface area contributed by atoms with E-state index in [0.717, 1.165) is 17.6 Å². The van der Waals surface area contributed by atoms with Gasteiger partial charge in [-0.15, -0.1) is 0 Å². The Morgan fingerprint density at radius 3 is 2.53 bits per heavy atom. The lowest BCUT2D eigenvalue weighted by atomic mass is 9.71. The minimum atomic E-state index is -0.587. The Hall–Kier alpha value is -1.18. The predicted molar refractivity (Wildman–Crippen MR) is 67.6 cm³/mol. The summed E-state index contributed by atoms with van der Waals surface area (Å²) in [5, 5.41) is 0. The minimum Gasteiger partial charge on any atom is -0.298 e. The molecule has 2 heteroatoms. The predicted octanol–water partition coefficient (Wildman–Crippen LogP) is 3.23. The average Bonchev–Trinajstić information content (AvgIpc) is 2.70. The van der Waals surface area contributed by atoms with Gasteiger partial charge in [-0.05, 0) is 18.8 Å². The standard InChI is InChI=1S/C15H20O2/c1-5-12(16)11-8-14(3,4)9-15(11)10(2)6-7-13(15)17/h6,8H,5,7,9H2,1-4H3/t15-/m1/s1. The quantitative estimate of drug-likeness (QED) is 0.685. The number of hydrogen-bond acceptors (Lipinski definition) is 2. The maximum Gasteiger partial charge on any atom is 0.159 e. The maximum atomic E-state index is 12.3. The van der Waals surface area contributed by atoms with Gasteiger partial charge in [0.15, 0.2) is 11.6 Å². The first-order valence-electron chi connectivity index (χ1n) is 6.30. The van der Waals surface area contributed by atoms with Gasteiger partial charge in [0.05, 0.1) is 5.41 Å². The third-order valence-electron chi connectivity index (χ3n) is 4.08. The molecular formula is C15H20O2. The van der Waals surface area contributed by atoms with Crippen LogP contribution in [0.3, 0.4) is 0 Å². The first-order valence-corrected chi connectivity index (χ1v) is 6.30. The molecule has 2 rings (SSSR count). The summed E-state index contributed by atoms with van der Waals surface area (Å²) < 4.78 is 0. The molecule has 1 atom stereocenters. The van der Waals surface area contributed by atoms with Crippen LogP contribution in [0.5, 0.6) is 0 Å². The van der Waals surface area contributed by atoms with Crippen molar-refractivity contribution >= 4 is 11.6 Å². The van der Waals surface area contributed by atoms with E-state index in [2.05, 4.69) is 13.8 Å². The zero-order chi connectivity index (χ0) is 12.8. The Balaban J connectivity index is 2.56. The molecule has 92 valence electrons. The van der Waals surface area contributed by atoms with Gasteiger partial charge in [-0.25, -0.2) is 0 Å². The lowest BCUT2D eigenvalue weighted by Crippen LogP contribution is -2.32. The van der Waals surface area contributed by atoms with Crippen molar-refractivity contribution in [3.63, 3.8) is 0 Å². The van der Waals surface area contributed by atoms with Gasteiger partial charge in [0.2, 0.25) is 0 Å². The van der Waals surface area contributed by atoms with Crippen LogP contribution in [0.25, 0.3) is 0 Å². The van der Waals surface area contributed by atoms with Crippen molar-refractivity contribution in [2.24, 2.45) is 10.8 Å². The summed E-state index contributed by atoms with van der Waals surface area (Å²) in [4.78, 5) is 24.4. The van der Waals surface area contributed by atoms with E-state index in [0.29, 0.717) is 12.8 Å². The van der Waals surface area contributed by atoms with Crippen molar-refractivity contribution in [1.82, 2.24) is 0 Å². The smallest absolute Gasteiger partial charge is 0.159 e. The minimum absolute atomic E-state index is 0.0603. The van der Waals surface area contributed by atoms with Crippen molar-refractivity contribution in [2.75, 3.05) is 0 Å². The maximum absolute atomic E-state index is 12.3.